The summed E-state index contributed by atoms with van der Waals surface area (Å²) in [5.74, 6) is -3.93. The van der Waals surface area contributed by atoms with Gasteiger partial charge in [0.25, 0.3) is 11.6 Å². The number of carbonyl (C=O) groups excluding carboxylic acids is 2. The van der Waals surface area contributed by atoms with Gasteiger partial charge in [-0.1, -0.05) is 6.07 Å². The molecule has 0 saturated heterocycles. The fraction of sp³-hybridized carbons (Fsp3) is 0.176. The minimum absolute atomic E-state index is 0.145. The van der Waals surface area contributed by atoms with E-state index in [-0.39, 0.29) is 16.9 Å². The van der Waals surface area contributed by atoms with Crippen molar-refractivity contribution in [1.82, 2.24) is 0 Å². The second-order valence-electron chi connectivity index (χ2n) is 5.24. The second kappa shape index (κ2) is 8.70. The molecule has 0 spiro atoms. The first-order chi connectivity index (χ1) is 12.8. The third-order valence-corrected chi connectivity index (χ3v) is 3.36. The Morgan fingerprint density at radius 2 is 1.85 bits per heavy atom. The summed E-state index contributed by atoms with van der Waals surface area (Å²) in [6, 6.07) is 6.68. The predicted molar refractivity (Wildman–Crippen MR) is 92.5 cm³/mol. The largest absolute Gasteiger partial charge is 0.452 e. The summed E-state index contributed by atoms with van der Waals surface area (Å²) < 4.78 is 31.7. The molecule has 0 aliphatic heterocycles. The molecular weight excluding hydrogens is 364 g/mol. The minimum atomic E-state index is -0.995. The van der Waals surface area contributed by atoms with Gasteiger partial charge in [-0.15, -0.1) is 0 Å². The molecule has 0 saturated carbocycles. The Balaban J connectivity index is 2.04. The van der Waals surface area contributed by atoms with Crippen LogP contribution in [0.3, 0.4) is 0 Å². The van der Waals surface area contributed by atoms with Crippen LogP contribution >= 0.6 is 0 Å². The lowest BCUT2D eigenvalue weighted by molar-refractivity contribution is -0.384. The fourth-order valence-corrected chi connectivity index (χ4v) is 2.16. The SMILES string of the molecule is CCNc1ccc(C(=O)OCC(=O)Nc2c(F)cccc2F)cc1[N+](=O)[O-]. The topological polar surface area (TPSA) is 111 Å². The van der Waals surface area contributed by atoms with Gasteiger partial charge in [-0.25, -0.2) is 13.6 Å². The maximum Gasteiger partial charge on any atom is 0.338 e. The van der Waals surface area contributed by atoms with Crippen LogP contribution in [0.2, 0.25) is 0 Å². The first-order valence-electron chi connectivity index (χ1n) is 7.76. The summed E-state index contributed by atoms with van der Waals surface area (Å²) in [4.78, 5) is 34.1. The first kappa shape index (κ1) is 19.8. The number of carbonyl (C=O) groups is 2. The molecule has 0 aliphatic carbocycles. The molecule has 0 aliphatic rings. The van der Waals surface area contributed by atoms with Crippen LogP contribution in [-0.4, -0.2) is 30.0 Å². The zero-order valence-corrected chi connectivity index (χ0v) is 14.1. The average molecular weight is 379 g/mol. The van der Waals surface area contributed by atoms with E-state index in [4.69, 9.17) is 4.74 Å². The number of hydrogen-bond donors (Lipinski definition) is 2. The van der Waals surface area contributed by atoms with E-state index in [0.717, 1.165) is 24.3 Å². The van der Waals surface area contributed by atoms with Gasteiger partial charge < -0.3 is 15.4 Å². The number of benzene rings is 2. The summed E-state index contributed by atoms with van der Waals surface area (Å²) in [6.07, 6.45) is 0. The van der Waals surface area contributed by atoms with Crippen LogP contribution in [0.25, 0.3) is 0 Å². The van der Waals surface area contributed by atoms with Crippen LogP contribution in [0, 0.1) is 21.7 Å². The normalized spacial score (nSPS) is 10.2. The highest BCUT2D eigenvalue weighted by Crippen LogP contribution is 2.25. The van der Waals surface area contributed by atoms with E-state index in [0.29, 0.717) is 6.54 Å². The van der Waals surface area contributed by atoms with Crippen molar-refractivity contribution < 1.29 is 28.0 Å². The Morgan fingerprint density at radius 1 is 1.19 bits per heavy atom. The highest BCUT2D eigenvalue weighted by Gasteiger charge is 2.19. The van der Waals surface area contributed by atoms with Crippen molar-refractivity contribution in [3.8, 4) is 0 Å². The second-order valence-corrected chi connectivity index (χ2v) is 5.24. The van der Waals surface area contributed by atoms with Crippen LogP contribution in [-0.2, 0) is 9.53 Å². The molecule has 0 atom stereocenters. The minimum Gasteiger partial charge on any atom is -0.452 e. The number of nitrogens with one attached hydrogen (secondary N) is 2. The monoisotopic (exact) mass is 379 g/mol. The van der Waals surface area contributed by atoms with Crippen LogP contribution < -0.4 is 10.6 Å². The number of rotatable bonds is 7. The van der Waals surface area contributed by atoms with Crippen molar-refractivity contribution in [3.05, 3.63) is 63.7 Å². The lowest BCUT2D eigenvalue weighted by Crippen LogP contribution is -2.22. The van der Waals surface area contributed by atoms with Crippen LogP contribution in [0.1, 0.15) is 17.3 Å². The number of amides is 1. The highest BCUT2D eigenvalue weighted by atomic mass is 19.1. The zero-order chi connectivity index (χ0) is 20.0. The van der Waals surface area contributed by atoms with E-state index in [1.54, 1.807) is 6.92 Å². The average Bonchev–Trinajstić information content (AvgIpc) is 2.63. The van der Waals surface area contributed by atoms with Gasteiger partial charge >= 0.3 is 5.97 Å². The maximum atomic E-state index is 13.5. The molecule has 27 heavy (non-hydrogen) atoms. The molecular formula is C17H15F2N3O5. The van der Waals surface area contributed by atoms with Gasteiger partial charge in [-0.2, -0.15) is 0 Å². The number of nitro groups is 1. The number of ether oxygens (including phenoxy) is 1. The predicted octanol–water partition coefficient (Wildman–Crippen LogP) is 3.10. The van der Waals surface area contributed by atoms with Gasteiger partial charge in [-0.3, -0.25) is 14.9 Å². The van der Waals surface area contributed by atoms with Crippen molar-refractivity contribution >= 4 is 28.9 Å². The molecule has 2 N–H and O–H groups in total. The number of para-hydroxylation sites is 1. The first-order valence-corrected chi connectivity index (χ1v) is 7.76. The molecule has 2 aromatic rings. The van der Waals surface area contributed by atoms with Gasteiger partial charge in [0.2, 0.25) is 0 Å². The highest BCUT2D eigenvalue weighted by molar-refractivity contribution is 5.96. The summed E-state index contributed by atoms with van der Waals surface area (Å²) in [7, 11) is 0. The molecule has 0 heterocycles. The van der Waals surface area contributed by atoms with E-state index >= 15 is 0 Å². The van der Waals surface area contributed by atoms with Crippen molar-refractivity contribution in [3.63, 3.8) is 0 Å². The molecule has 142 valence electrons. The molecule has 8 nitrogen and oxygen atoms in total. The Bertz CT molecular complexity index is 869. The Labute approximate surface area is 152 Å². The number of esters is 1. The molecule has 0 fully saturated rings. The van der Waals surface area contributed by atoms with Crippen LogP contribution in [0.15, 0.2) is 36.4 Å². The van der Waals surface area contributed by atoms with Gasteiger partial charge in [0.05, 0.1) is 10.5 Å². The van der Waals surface area contributed by atoms with Crippen molar-refractivity contribution in [1.29, 1.82) is 0 Å². The molecule has 0 radical (unpaired) electrons. The van der Waals surface area contributed by atoms with Crippen molar-refractivity contribution in [2.45, 2.75) is 6.92 Å². The van der Waals surface area contributed by atoms with E-state index in [1.165, 1.54) is 12.1 Å². The number of anilines is 2. The van der Waals surface area contributed by atoms with E-state index < -0.39 is 40.7 Å². The summed E-state index contributed by atoms with van der Waals surface area (Å²) in [5, 5.41) is 15.8. The Morgan fingerprint density at radius 3 is 2.44 bits per heavy atom. The molecule has 10 heteroatoms. The van der Waals surface area contributed by atoms with Crippen molar-refractivity contribution in [2.75, 3.05) is 23.8 Å². The molecule has 0 aromatic heterocycles. The molecule has 0 bridgehead atoms. The molecule has 2 aromatic carbocycles. The van der Waals surface area contributed by atoms with E-state index in [1.807, 2.05) is 5.32 Å². The lowest BCUT2D eigenvalue weighted by atomic mass is 10.1. The van der Waals surface area contributed by atoms with E-state index in [2.05, 4.69) is 5.32 Å². The lowest BCUT2D eigenvalue weighted by Gasteiger charge is -2.09. The molecule has 1 amide bonds. The van der Waals surface area contributed by atoms with Gasteiger partial charge in [-0.05, 0) is 31.2 Å². The third kappa shape index (κ3) is 4.97. The number of hydrogen-bond acceptors (Lipinski definition) is 6. The van der Waals surface area contributed by atoms with Crippen LogP contribution in [0.4, 0.5) is 25.8 Å². The summed E-state index contributed by atoms with van der Waals surface area (Å²) >= 11 is 0. The summed E-state index contributed by atoms with van der Waals surface area (Å²) in [6.45, 7) is 1.37. The number of nitrogens with zero attached hydrogens (tertiary/aromatic N) is 1. The van der Waals surface area contributed by atoms with Gasteiger partial charge in [0.15, 0.2) is 6.61 Å². The molecule has 0 unspecified atom stereocenters. The number of halogens is 2. The van der Waals surface area contributed by atoms with Crippen LogP contribution in [0.5, 0.6) is 0 Å². The fourth-order valence-electron chi connectivity index (χ4n) is 2.16. The maximum absolute atomic E-state index is 13.5. The standard InChI is InChI=1S/C17H15F2N3O5/c1-2-20-13-7-6-10(8-14(13)22(25)26)17(24)27-9-15(23)21-16-11(18)4-3-5-12(16)19/h3-8,20H,2,9H2,1H3,(H,21,23). The summed E-state index contributed by atoms with van der Waals surface area (Å²) in [5.41, 5.74) is -0.909. The quantitative estimate of drug-likeness (QED) is 0.434. The Hall–Kier alpha value is -3.56. The van der Waals surface area contributed by atoms with E-state index in [9.17, 15) is 28.5 Å². The molecule has 2 rings (SSSR count). The van der Waals surface area contributed by atoms with Gasteiger partial charge in [0.1, 0.15) is 23.0 Å². The van der Waals surface area contributed by atoms with Crippen molar-refractivity contribution in [2.24, 2.45) is 0 Å². The number of nitro benzene ring substituents is 1. The Kier molecular flexibility index (Phi) is 6.36. The smallest absolute Gasteiger partial charge is 0.338 e. The van der Waals surface area contributed by atoms with Gasteiger partial charge in [0, 0.05) is 12.6 Å². The zero-order valence-electron chi connectivity index (χ0n) is 14.1. The third-order valence-electron chi connectivity index (χ3n) is 3.36.